The maximum absolute atomic E-state index is 9.27. The van der Waals surface area contributed by atoms with E-state index in [9.17, 15) is 5.11 Å². The van der Waals surface area contributed by atoms with Crippen LogP contribution < -0.4 is 5.32 Å². The number of rotatable bonds is 8. The first-order chi connectivity index (χ1) is 8.08. The second-order valence-electron chi connectivity index (χ2n) is 4.95. The normalized spacial score (nSPS) is 16.7. The molecule has 1 rings (SSSR count). The fourth-order valence-electron chi connectivity index (χ4n) is 1.84. The second-order valence-corrected chi connectivity index (χ2v) is 4.95. The van der Waals surface area contributed by atoms with Crippen LogP contribution in [0.1, 0.15) is 33.6 Å². The third kappa shape index (κ3) is 6.38. The van der Waals surface area contributed by atoms with E-state index in [1.54, 1.807) is 12.7 Å². The lowest BCUT2D eigenvalue weighted by molar-refractivity contribution is 0.162. The lowest BCUT2D eigenvalue weighted by Gasteiger charge is -2.18. The van der Waals surface area contributed by atoms with Gasteiger partial charge in [-0.1, -0.05) is 6.92 Å². The van der Waals surface area contributed by atoms with Crippen LogP contribution in [0.5, 0.6) is 0 Å². The molecule has 0 fully saturated rings. The molecule has 0 spiro atoms. The molecule has 5 nitrogen and oxygen atoms in total. The predicted molar refractivity (Wildman–Crippen MR) is 67.6 cm³/mol. The lowest BCUT2D eigenvalue weighted by atomic mass is 10.0. The molecule has 17 heavy (non-hydrogen) atoms. The zero-order chi connectivity index (χ0) is 12.7. The molecule has 3 unspecified atom stereocenters. The summed E-state index contributed by atoms with van der Waals surface area (Å²) < 4.78 is 1.84. The summed E-state index contributed by atoms with van der Waals surface area (Å²) in [5.41, 5.74) is 0. The Morgan fingerprint density at radius 2 is 2.12 bits per heavy atom. The summed E-state index contributed by atoms with van der Waals surface area (Å²) in [6.45, 7) is 8.00. The van der Waals surface area contributed by atoms with Crippen molar-refractivity contribution in [2.24, 2.45) is 5.92 Å². The van der Waals surface area contributed by atoms with Crippen LogP contribution in [-0.4, -0.2) is 38.6 Å². The summed E-state index contributed by atoms with van der Waals surface area (Å²) in [4.78, 5) is 3.91. The average Bonchev–Trinajstić information content (AvgIpc) is 2.75. The standard InChI is InChI=1S/C12H24N4O/c1-10(6-12(3)17)7-14-11(2)4-5-16-9-13-8-15-16/h8-12,14,17H,4-7H2,1-3H3. The van der Waals surface area contributed by atoms with Crippen LogP contribution in [0.3, 0.4) is 0 Å². The SMILES string of the molecule is CC(O)CC(C)CNC(C)CCn1cncn1. The van der Waals surface area contributed by atoms with Gasteiger partial charge in [-0.3, -0.25) is 4.68 Å². The van der Waals surface area contributed by atoms with Crippen molar-refractivity contribution in [3.63, 3.8) is 0 Å². The third-order valence-electron chi connectivity index (χ3n) is 2.82. The van der Waals surface area contributed by atoms with Crippen LogP contribution >= 0.6 is 0 Å². The van der Waals surface area contributed by atoms with Crippen molar-refractivity contribution < 1.29 is 5.11 Å². The molecule has 0 amide bonds. The van der Waals surface area contributed by atoms with Gasteiger partial charge in [-0.25, -0.2) is 4.98 Å². The van der Waals surface area contributed by atoms with Gasteiger partial charge in [0.15, 0.2) is 0 Å². The molecule has 3 atom stereocenters. The maximum atomic E-state index is 9.27. The quantitative estimate of drug-likeness (QED) is 0.713. The molecule has 0 radical (unpaired) electrons. The Morgan fingerprint density at radius 3 is 2.71 bits per heavy atom. The zero-order valence-electron chi connectivity index (χ0n) is 11.0. The predicted octanol–water partition coefficient (Wildman–Crippen LogP) is 1.05. The van der Waals surface area contributed by atoms with E-state index < -0.39 is 0 Å². The fraction of sp³-hybridized carbons (Fsp3) is 0.833. The molecule has 0 bridgehead atoms. The maximum Gasteiger partial charge on any atom is 0.137 e. The molecule has 0 saturated heterocycles. The number of aliphatic hydroxyl groups is 1. The summed E-state index contributed by atoms with van der Waals surface area (Å²) in [6, 6.07) is 0.454. The summed E-state index contributed by atoms with van der Waals surface area (Å²) in [5.74, 6) is 0.504. The molecule has 5 heteroatoms. The molecule has 98 valence electrons. The Labute approximate surface area is 103 Å². The molecule has 1 aromatic heterocycles. The molecular formula is C12H24N4O. The van der Waals surface area contributed by atoms with Crippen molar-refractivity contribution in [2.45, 2.75) is 52.3 Å². The highest BCUT2D eigenvalue weighted by molar-refractivity contribution is 4.66. The van der Waals surface area contributed by atoms with Gasteiger partial charge in [-0.05, 0) is 39.2 Å². The highest BCUT2D eigenvalue weighted by Crippen LogP contribution is 2.05. The van der Waals surface area contributed by atoms with Crippen molar-refractivity contribution in [3.05, 3.63) is 12.7 Å². The topological polar surface area (TPSA) is 63.0 Å². The molecule has 0 aliphatic carbocycles. The van der Waals surface area contributed by atoms with Crippen LogP contribution in [0.4, 0.5) is 0 Å². The van der Waals surface area contributed by atoms with Crippen LogP contribution in [0.15, 0.2) is 12.7 Å². The zero-order valence-corrected chi connectivity index (χ0v) is 11.0. The van der Waals surface area contributed by atoms with Crippen LogP contribution in [0.25, 0.3) is 0 Å². The lowest BCUT2D eigenvalue weighted by Crippen LogP contribution is -2.32. The van der Waals surface area contributed by atoms with Gasteiger partial charge in [0.2, 0.25) is 0 Å². The fourth-order valence-corrected chi connectivity index (χ4v) is 1.84. The van der Waals surface area contributed by atoms with Gasteiger partial charge in [0.25, 0.3) is 0 Å². The van der Waals surface area contributed by atoms with E-state index in [0.29, 0.717) is 12.0 Å². The van der Waals surface area contributed by atoms with Crippen LogP contribution in [0, 0.1) is 5.92 Å². The van der Waals surface area contributed by atoms with Gasteiger partial charge in [0.05, 0.1) is 6.10 Å². The Bertz CT molecular complexity index is 287. The van der Waals surface area contributed by atoms with Crippen LogP contribution in [0.2, 0.25) is 0 Å². The van der Waals surface area contributed by atoms with E-state index in [2.05, 4.69) is 29.2 Å². The number of hydrogen-bond acceptors (Lipinski definition) is 4. The van der Waals surface area contributed by atoms with Gasteiger partial charge in [-0.15, -0.1) is 0 Å². The van der Waals surface area contributed by atoms with Gasteiger partial charge in [0.1, 0.15) is 12.7 Å². The van der Waals surface area contributed by atoms with E-state index in [-0.39, 0.29) is 6.10 Å². The Kier molecular flexibility index (Phi) is 6.15. The van der Waals surface area contributed by atoms with Gasteiger partial charge in [-0.2, -0.15) is 5.10 Å². The molecule has 0 aromatic carbocycles. The first kappa shape index (κ1) is 14.1. The third-order valence-corrected chi connectivity index (χ3v) is 2.82. The van der Waals surface area contributed by atoms with Gasteiger partial charge >= 0.3 is 0 Å². The molecule has 0 aliphatic rings. The van der Waals surface area contributed by atoms with Crippen molar-refractivity contribution in [1.29, 1.82) is 0 Å². The number of aromatic nitrogens is 3. The number of nitrogens with one attached hydrogen (secondary N) is 1. The minimum atomic E-state index is -0.211. The molecule has 1 aromatic rings. The summed E-state index contributed by atoms with van der Waals surface area (Å²) >= 11 is 0. The minimum absolute atomic E-state index is 0.211. The Hall–Kier alpha value is -0.940. The molecule has 2 N–H and O–H groups in total. The van der Waals surface area contributed by atoms with E-state index in [1.165, 1.54) is 0 Å². The molecule has 0 saturated carbocycles. The van der Waals surface area contributed by atoms with E-state index in [1.807, 2.05) is 11.6 Å². The summed E-state index contributed by atoms with van der Waals surface area (Å²) in [7, 11) is 0. The van der Waals surface area contributed by atoms with Crippen molar-refractivity contribution in [2.75, 3.05) is 6.54 Å². The Balaban J connectivity index is 2.10. The monoisotopic (exact) mass is 240 g/mol. The summed E-state index contributed by atoms with van der Waals surface area (Å²) in [5, 5.41) is 16.8. The van der Waals surface area contributed by atoms with E-state index in [0.717, 1.165) is 25.9 Å². The first-order valence-electron chi connectivity index (χ1n) is 6.31. The molecule has 0 aliphatic heterocycles. The average molecular weight is 240 g/mol. The van der Waals surface area contributed by atoms with E-state index in [4.69, 9.17) is 0 Å². The van der Waals surface area contributed by atoms with Crippen molar-refractivity contribution in [3.8, 4) is 0 Å². The largest absolute Gasteiger partial charge is 0.393 e. The second kappa shape index (κ2) is 7.40. The summed E-state index contributed by atoms with van der Waals surface area (Å²) in [6.07, 6.45) is 4.97. The molecule has 1 heterocycles. The van der Waals surface area contributed by atoms with Crippen molar-refractivity contribution in [1.82, 2.24) is 20.1 Å². The first-order valence-corrected chi connectivity index (χ1v) is 6.31. The van der Waals surface area contributed by atoms with Crippen molar-refractivity contribution >= 4 is 0 Å². The van der Waals surface area contributed by atoms with Gasteiger partial charge < -0.3 is 10.4 Å². The minimum Gasteiger partial charge on any atom is -0.393 e. The highest BCUT2D eigenvalue weighted by atomic mass is 16.3. The van der Waals surface area contributed by atoms with Crippen LogP contribution in [-0.2, 0) is 6.54 Å². The Morgan fingerprint density at radius 1 is 1.35 bits per heavy atom. The highest BCUT2D eigenvalue weighted by Gasteiger charge is 2.08. The number of nitrogens with zero attached hydrogens (tertiary/aromatic N) is 3. The number of hydrogen-bond donors (Lipinski definition) is 2. The smallest absolute Gasteiger partial charge is 0.137 e. The van der Waals surface area contributed by atoms with Gasteiger partial charge in [0, 0.05) is 12.6 Å². The number of aliphatic hydroxyl groups excluding tert-OH is 1. The van der Waals surface area contributed by atoms with E-state index >= 15 is 0 Å². The number of aryl methyl sites for hydroxylation is 1. The molecular weight excluding hydrogens is 216 g/mol.